The SMILES string of the molecule is CCOC(=O)CSc1nc2cc(OC)c(OC)cc2c2nc(-c3ccc([N+](=O)[O-])cc3)nn12. The van der Waals surface area contributed by atoms with E-state index in [1.165, 1.54) is 30.9 Å². The Labute approximate surface area is 191 Å². The van der Waals surface area contributed by atoms with E-state index in [0.29, 0.717) is 44.6 Å². The van der Waals surface area contributed by atoms with Crippen molar-refractivity contribution in [2.75, 3.05) is 26.6 Å². The predicted octanol–water partition coefficient (Wildman–Crippen LogP) is 3.53. The average molecular weight is 469 g/mol. The van der Waals surface area contributed by atoms with Gasteiger partial charge in [-0.05, 0) is 25.1 Å². The lowest BCUT2D eigenvalue weighted by atomic mass is 10.2. The van der Waals surface area contributed by atoms with Gasteiger partial charge in [-0.3, -0.25) is 14.9 Å². The van der Waals surface area contributed by atoms with Gasteiger partial charge in [0.2, 0.25) is 0 Å². The standard InChI is InChI=1S/C21H19N5O6S/c1-4-32-18(27)11-33-21-22-15-10-17(31-3)16(30-2)9-14(15)20-23-19(24-25(20)21)12-5-7-13(8-6-12)26(28)29/h5-10H,4,11H2,1-3H3. The highest BCUT2D eigenvalue weighted by Crippen LogP contribution is 2.35. The summed E-state index contributed by atoms with van der Waals surface area (Å²) in [5.41, 5.74) is 1.63. The van der Waals surface area contributed by atoms with Gasteiger partial charge in [0.05, 0.1) is 37.0 Å². The fourth-order valence-electron chi connectivity index (χ4n) is 3.18. The Morgan fingerprint density at radius 3 is 2.45 bits per heavy atom. The lowest BCUT2D eigenvalue weighted by molar-refractivity contribution is -0.384. The summed E-state index contributed by atoms with van der Waals surface area (Å²) in [5.74, 6) is 1.02. The third-order valence-electron chi connectivity index (χ3n) is 4.71. The highest BCUT2D eigenvalue weighted by Gasteiger charge is 2.19. The van der Waals surface area contributed by atoms with Crippen LogP contribution in [0.25, 0.3) is 27.9 Å². The van der Waals surface area contributed by atoms with Crippen LogP contribution < -0.4 is 9.47 Å². The molecule has 0 atom stereocenters. The number of non-ortho nitro benzene ring substituents is 1. The summed E-state index contributed by atoms with van der Waals surface area (Å²) in [6.45, 7) is 2.02. The molecule has 11 nitrogen and oxygen atoms in total. The van der Waals surface area contributed by atoms with Crippen molar-refractivity contribution in [3.8, 4) is 22.9 Å². The van der Waals surface area contributed by atoms with Gasteiger partial charge in [0, 0.05) is 29.1 Å². The van der Waals surface area contributed by atoms with E-state index in [4.69, 9.17) is 14.2 Å². The van der Waals surface area contributed by atoms with E-state index in [1.807, 2.05) is 0 Å². The summed E-state index contributed by atoms with van der Waals surface area (Å²) in [5, 5.41) is 16.6. The molecular formula is C21H19N5O6S. The number of esters is 1. The van der Waals surface area contributed by atoms with E-state index in [9.17, 15) is 14.9 Å². The Kier molecular flexibility index (Phi) is 6.27. The number of ether oxygens (including phenoxy) is 3. The molecule has 33 heavy (non-hydrogen) atoms. The average Bonchev–Trinajstić information content (AvgIpc) is 3.27. The number of thioether (sulfide) groups is 1. The smallest absolute Gasteiger partial charge is 0.316 e. The van der Waals surface area contributed by atoms with Crippen LogP contribution in [0.15, 0.2) is 41.6 Å². The minimum Gasteiger partial charge on any atom is -0.493 e. The van der Waals surface area contributed by atoms with E-state index in [0.717, 1.165) is 11.8 Å². The number of methoxy groups -OCH3 is 2. The van der Waals surface area contributed by atoms with Crippen molar-refractivity contribution in [1.29, 1.82) is 0 Å². The van der Waals surface area contributed by atoms with Crippen LogP contribution in [0.3, 0.4) is 0 Å². The largest absolute Gasteiger partial charge is 0.493 e. The lowest BCUT2D eigenvalue weighted by Gasteiger charge is -2.10. The van der Waals surface area contributed by atoms with Gasteiger partial charge in [-0.2, -0.15) is 4.52 Å². The van der Waals surface area contributed by atoms with Crippen molar-refractivity contribution in [3.63, 3.8) is 0 Å². The van der Waals surface area contributed by atoms with E-state index in [2.05, 4.69) is 15.1 Å². The maximum Gasteiger partial charge on any atom is 0.316 e. The molecule has 2 heterocycles. The maximum atomic E-state index is 11.9. The molecule has 170 valence electrons. The molecule has 4 rings (SSSR count). The second-order valence-corrected chi connectivity index (χ2v) is 7.63. The van der Waals surface area contributed by atoms with Crippen LogP contribution in [0.4, 0.5) is 5.69 Å². The summed E-state index contributed by atoms with van der Waals surface area (Å²) in [6, 6.07) is 9.42. The molecule has 0 aliphatic rings. The molecule has 0 aliphatic carbocycles. The normalized spacial score (nSPS) is 11.0. The van der Waals surface area contributed by atoms with Gasteiger partial charge < -0.3 is 14.2 Å². The predicted molar refractivity (Wildman–Crippen MR) is 121 cm³/mol. The topological polar surface area (TPSA) is 131 Å². The van der Waals surface area contributed by atoms with E-state index >= 15 is 0 Å². The van der Waals surface area contributed by atoms with Crippen molar-refractivity contribution in [2.24, 2.45) is 0 Å². The lowest BCUT2D eigenvalue weighted by Crippen LogP contribution is -2.08. The maximum absolute atomic E-state index is 11.9. The fourth-order valence-corrected chi connectivity index (χ4v) is 3.93. The molecular weight excluding hydrogens is 450 g/mol. The second-order valence-electron chi connectivity index (χ2n) is 6.69. The van der Waals surface area contributed by atoms with Crippen molar-refractivity contribution >= 4 is 40.0 Å². The van der Waals surface area contributed by atoms with Gasteiger partial charge in [0.1, 0.15) is 0 Å². The van der Waals surface area contributed by atoms with Crippen molar-refractivity contribution in [3.05, 3.63) is 46.5 Å². The van der Waals surface area contributed by atoms with Crippen LogP contribution in [0.1, 0.15) is 6.92 Å². The Morgan fingerprint density at radius 2 is 1.82 bits per heavy atom. The third kappa shape index (κ3) is 4.37. The molecule has 2 aromatic heterocycles. The minimum atomic E-state index is -0.470. The number of nitro groups is 1. The first kappa shape index (κ1) is 22.3. The van der Waals surface area contributed by atoms with Crippen molar-refractivity contribution in [1.82, 2.24) is 19.6 Å². The molecule has 0 saturated carbocycles. The third-order valence-corrected chi connectivity index (χ3v) is 5.61. The van der Waals surface area contributed by atoms with Crippen molar-refractivity contribution < 1.29 is 23.9 Å². The molecule has 0 radical (unpaired) electrons. The van der Waals surface area contributed by atoms with Gasteiger partial charge in [-0.1, -0.05) is 11.8 Å². The summed E-state index contributed by atoms with van der Waals surface area (Å²) in [6.07, 6.45) is 0. The zero-order valence-corrected chi connectivity index (χ0v) is 18.8. The minimum absolute atomic E-state index is 0.0304. The molecule has 0 aliphatic heterocycles. The summed E-state index contributed by atoms with van der Waals surface area (Å²) >= 11 is 1.16. The Hall–Kier alpha value is -3.93. The molecule has 2 aromatic carbocycles. The molecule has 0 unspecified atom stereocenters. The Bertz CT molecular complexity index is 1360. The van der Waals surface area contributed by atoms with Crippen LogP contribution in [0, 0.1) is 10.1 Å². The molecule has 0 N–H and O–H groups in total. The molecule has 0 spiro atoms. The zero-order valence-electron chi connectivity index (χ0n) is 18.0. The van der Waals surface area contributed by atoms with Gasteiger partial charge in [-0.15, -0.1) is 5.10 Å². The highest BCUT2D eigenvalue weighted by molar-refractivity contribution is 7.99. The first-order valence-corrected chi connectivity index (χ1v) is 10.8. The van der Waals surface area contributed by atoms with Crippen LogP contribution >= 0.6 is 11.8 Å². The van der Waals surface area contributed by atoms with E-state index in [-0.39, 0.29) is 24.0 Å². The molecule has 0 amide bonds. The van der Waals surface area contributed by atoms with E-state index < -0.39 is 4.92 Å². The highest BCUT2D eigenvalue weighted by atomic mass is 32.2. The monoisotopic (exact) mass is 469 g/mol. The number of rotatable bonds is 8. The van der Waals surface area contributed by atoms with Gasteiger partial charge in [0.25, 0.3) is 5.69 Å². The van der Waals surface area contributed by atoms with Crippen LogP contribution in [0.5, 0.6) is 11.5 Å². The van der Waals surface area contributed by atoms with Gasteiger partial charge in [0.15, 0.2) is 28.1 Å². The summed E-state index contributed by atoms with van der Waals surface area (Å²) in [7, 11) is 3.06. The number of fused-ring (bicyclic) bond motifs is 3. The molecule has 12 heteroatoms. The number of nitro benzene ring substituents is 1. The first-order valence-electron chi connectivity index (χ1n) is 9.81. The van der Waals surface area contributed by atoms with Crippen LogP contribution in [-0.4, -0.2) is 57.1 Å². The molecule has 0 saturated heterocycles. The first-order chi connectivity index (χ1) is 15.9. The Balaban J connectivity index is 1.88. The number of carbonyl (C=O) groups is 1. The molecule has 0 bridgehead atoms. The summed E-state index contributed by atoms with van der Waals surface area (Å²) < 4.78 is 17.4. The summed E-state index contributed by atoms with van der Waals surface area (Å²) in [4.78, 5) is 31.7. The number of hydrogen-bond donors (Lipinski definition) is 0. The number of benzene rings is 2. The Morgan fingerprint density at radius 1 is 1.12 bits per heavy atom. The number of aromatic nitrogens is 4. The number of carbonyl (C=O) groups excluding carboxylic acids is 1. The van der Waals surface area contributed by atoms with Crippen LogP contribution in [-0.2, 0) is 9.53 Å². The fraction of sp³-hybridized carbons (Fsp3) is 0.238. The molecule has 4 aromatic rings. The second kappa shape index (κ2) is 9.28. The quantitative estimate of drug-likeness (QED) is 0.124. The van der Waals surface area contributed by atoms with Crippen LogP contribution in [0.2, 0.25) is 0 Å². The van der Waals surface area contributed by atoms with E-state index in [1.54, 1.807) is 31.2 Å². The zero-order chi connectivity index (χ0) is 23.5. The number of hydrogen-bond acceptors (Lipinski definition) is 10. The molecule has 0 fully saturated rings. The van der Waals surface area contributed by atoms with Crippen molar-refractivity contribution in [2.45, 2.75) is 12.1 Å². The number of nitrogens with zero attached hydrogens (tertiary/aromatic N) is 5. The van der Waals surface area contributed by atoms with Gasteiger partial charge in [-0.25, -0.2) is 9.97 Å². The van der Waals surface area contributed by atoms with Gasteiger partial charge >= 0.3 is 5.97 Å².